The van der Waals surface area contributed by atoms with Crippen molar-refractivity contribution in [2.45, 2.75) is 53.0 Å². The third kappa shape index (κ3) is 3.80. The molecule has 0 saturated heterocycles. The number of fused-ring (bicyclic) bond motifs is 1. The van der Waals surface area contributed by atoms with Gasteiger partial charge in [-0.2, -0.15) is 4.99 Å². The van der Waals surface area contributed by atoms with Crippen LogP contribution in [0.1, 0.15) is 50.3 Å². The van der Waals surface area contributed by atoms with Crippen molar-refractivity contribution in [3.8, 4) is 0 Å². The number of thiazole rings is 1. The fourth-order valence-corrected chi connectivity index (χ4v) is 4.37. The molecule has 0 fully saturated rings. The van der Waals surface area contributed by atoms with Crippen molar-refractivity contribution in [1.29, 1.82) is 0 Å². The summed E-state index contributed by atoms with van der Waals surface area (Å²) in [4.78, 5) is 17.8. The standard InChI is InChI=1S/C22H26N2OS/c1-5-17-8-7-9-19-21(17)24(6-2)22(26-19)23-20(25)14-16-10-12-18(13-11-16)15(3)4/h7-13,15H,5-6,14H2,1-4H3. The van der Waals surface area contributed by atoms with Crippen LogP contribution in [0.2, 0.25) is 0 Å². The molecule has 0 aliphatic carbocycles. The summed E-state index contributed by atoms with van der Waals surface area (Å²) in [7, 11) is 0. The van der Waals surface area contributed by atoms with Gasteiger partial charge in [-0.25, -0.2) is 0 Å². The van der Waals surface area contributed by atoms with Crippen LogP contribution in [0.5, 0.6) is 0 Å². The average Bonchev–Trinajstić information content (AvgIpc) is 2.98. The number of aryl methyl sites for hydroxylation is 2. The lowest BCUT2D eigenvalue weighted by Crippen LogP contribution is -2.17. The second-order valence-electron chi connectivity index (χ2n) is 6.82. The van der Waals surface area contributed by atoms with Crippen molar-refractivity contribution < 1.29 is 4.79 Å². The molecule has 3 aromatic rings. The first kappa shape index (κ1) is 18.6. The number of benzene rings is 2. The number of nitrogens with zero attached hydrogens (tertiary/aromatic N) is 2. The van der Waals surface area contributed by atoms with Crippen LogP contribution >= 0.6 is 11.3 Å². The Balaban J connectivity index is 1.92. The van der Waals surface area contributed by atoms with Crippen LogP contribution < -0.4 is 4.80 Å². The van der Waals surface area contributed by atoms with Crippen LogP contribution in [0.15, 0.2) is 47.5 Å². The second kappa shape index (κ2) is 8.00. The number of para-hydroxylation sites is 1. The fourth-order valence-electron chi connectivity index (χ4n) is 3.21. The Hall–Kier alpha value is -2.20. The fraction of sp³-hybridized carbons (Fsp3) is 0.364. The summed E-state index contributed by atoms with van der Waals surface area (Å²) >= 11 is 1.60. The molecule has 0 aliphatic rings. The van der Waals surface area contributed by atoms with E-state index in [-0.39, 0.29) is 5.91 Å². The molecule has 0 N–H and O–H groups in total. The van der Waals surface area contributed by atoms with Gasteiger partial charge in [-0.1, -0.05) is 68.5 Å². The van der Waals surface area contributed by atoms with E-state index >= 15 is 0 Å². The maximum absolute atomic E-state index is 12.5. The minimum atomic E-state index is -0.0888. The van der Waals surface area contributed by atoms with E-state index in [1.807, 2.05) is 12.1 Å². The molecule has 136 valence electrons. The van der Waals surface area contributed by atoms with Gasteiger partial charge in [0, 0.05) is 6.54 Å². The first-order valence-corrected chi connectivity index (χ1v) is 10.1. The summed E-state index contributed by atoms with van der Waals surface area (Å²) in [5, 5.41) is 0. The highest BCUT2D eigenvalue weighted by atomic mass is 32.1. The van der Waals surface area contributed by atoms with Crippen molar-refractivity contribution in [1.82, 2.24) is 4.57 Å². The third-order valence-corrected chi connectivity index (χ3v) is 5.75. The zero-order chi connectivity index (χ0) is 18.7. The number of aromatic nitrogens is 1. The first-order valence-electron chi connectivity index (χ1n) is 9.31. The highest BCUT2D eigenvalue weighted by Gasteiger charge is 2.10. The first-order chi connectivity index (χ1) is 12.5. The van der Waals surface area contributed by atoms with Gasteiger partial charge < -0.3 is 4.57 Å². The molecule has 4 heteroatoms. The molecule has 3 rings (SSSR count). The van der Waals surface area contributed by atoms with E-state index in [0.29, 0.717) is 12.3 Å². The summed E-state index contributed by atoms with van der Waals surface area (Å²) in [5.74, 6) is 0.411. The van der Waals surface area contributed by atoms with Crippen molar-refractivity contribution in [2.75, 3.05) is 0 Å². The summed E-state index contributed by atoms with van der Waals surface area (Å²) in [6, 6.07) is 14.6. The summed E-state index contributed by atoms with van der Waals surface area (Å²) in [6.07, 6.45) is 1.32. The number of amides is 1. The smallest absolute Gasteiger partial charge is 0.252 e. The van der Waals surface area contributed by atoms with Gasteiger partial charge in [-0.15, -0.1) is 0 Å². The van der Waals surface area contributed by atoms with E-state index in [0.717, 1.165) is 23.3 Å². The van der Waals surface area contributed by atoms with Gasteiger partial charge in [0.1, 0.15) is 0 Å². The quantitative estimate of drug-likeness (QED) is 0.620. The molecule has 26 heavy (non-hydrogen) atoms. The highest BCUT2D eigenvalue weighted by molar-refractivity contribution is 7.16. The van der Waals surface area contributed by atoms with Crippen LogP contribution in [0.4, 0.5) is 0 Å². The Bertz CT molecular complexity index is 978. The molecule has 1 amide bonds. The predicted octanol–water partition coefficient (Wildman–Crippen LogP) is 5.08. The summed E-state index contributed by atoms with van der Waals surface area (Å²) in [5.41, 5.74) is 4.83. The second-order valence-corrected chi connectivity index (χ2v) is 7.83. The zero-order valence-electron chi connectivity index (χ0n) is 16.0. The van der Waals surface area contributed by atoms with Crippen LogP contribution in [-0.2, 0) is 24.2 Å². The molecule has 0 saturated carbocycles. The van der Waals surface area contributed by atoms with Crippen molar-refractivity contribution in [3.05, 3.63) is 64.0 Å². The van der Waals surface area contributed by atoms with Gasteiger partial charge in [0.05, 0.1) is 16.6 Å². The molecule has 0 atom stereocenters. The minimum Gasteiger partial charge on any atom is -0.316 e. The summed E-state index contributed by atoms with van der Waals surface area (Å²) in [6.45, 7) is 9.42. The maximum Gasteiger partial charge on any atom is 0.252 e. The topological polar surface area (TPSA) is 34.4 Å². The zero-order valence-corrected chi connectivity index (χ0v) is 16.8. The van der Waals surface area contributed by atoms with E-state index in [2.05, 4.69) is 67.6 Å². The lowest BCUT2D eigenvalue weighted by atomic mass is 10.0. The Morgan fingerprint density at radius 3 is 2.46 bits per heavy atom. The Morgan fingerprint density at radius 2 is 1.85 bits per heavy atom. The van der Waals surface area contributed by atoms with Gasteiger partial charge in [0.15, 0.2) is 4.80 Å². The minimum absolute atomic E-state index is 0.0888. The predicted molar refractivity (Wildman–Crippen MR) is 110 cm³/mol. The van der Waals surface area contributed by atoms with Crippen LogP contribution in [-0.4, -0.2) is 10.5 Å². The van der Waals surface area contributed by atoms with Gasteiger partial charge >= 0.3 is 0 Å². The van der Waals surface area contributed by atoms with E-state index < -0.39 is 0 Å². The number of rotatable bonds is 5. The molecular formula is C22H26N2OS. The van der Waals surface area contributed by atoms with Crippen LogP contribution in [0.25, 0.3) is 10.2 Å². The number of hydrogen-bond acceptors (Lipinski definition) is 2. The maximum atomic E-state index is 12.5. The Morgan fingerprint density at radius 1 is 1.12 bits per heavy atom. The molecule has 2 aromatic carbocycles. The highest BCUT2D eigenvalue weighted by Crippen LogP contribution is 2.22. The van der Waals surface area contributed by atoms with E-state index in [4.69, 9.17) is 0 Å². The van der Waals surface area contributed by atoms with Gasteiger partial charge in [0.25, 0.3) is 5.91 Å². The molecule has 1 aromatic heterocycles. The largest absolute Gasteiger partial charge is 0.316 e. The van der Waals surface area contributed by atoms with E-state index in [1.54, 1.807) is 11.3 Å². The third-order valence-electron chi connectivity index (χ3n) is 4.70. The van der Waals surface area contributed by atoms with Crippen LogP contribution in [0.3, 0.4) is 0 Å². The number of carbonyl (C=O) groups excluding carboxylic acids is 1. The van der Waals surface area contributed by atoms with Crippen LogP contribution in [0, 0.1) is 0 Å². The monoisotopic (exact) mass is 366 g/mol. The molecule has 0 aliphatic heterocycles. The van der Waals surface area contributed by atoms with Gasteiger partial charge in [-0.3, -0.25) is 4.79 Å². The van der Waals surface area contributed by atoms with Crippen molar-refractivity contribution in [3.63, 3.8) is 0 Å². The molecule has 0 bridgehead atoms. The Kier molecular flexibility index (Phi) is 5.72. The summed E-state index contributed by atoms with van der Waals surface area (Å²) < 4.78 is 3.36. The normalized spacial score (nSPS) is 12.3. The molecular weight excluding hydrogens is 340 g/mol. The molecule has 1 heterocycles. The van der Waals surface area contributed by atoms with E-state index in [1.165, 1.54) is 21.3 Å². The molecule has 0 unspecified atom stereocenters. The molecule has 0 spiro atoms. The van der Waals surface area contributed by atoms with Crippen molar-refractivity contribution in [2.24, 2.45) is 4.99 Å². The lowest BCUT2D eigenvalue weighted by Gasteiger charge is -2.06. The van der Waals surface area contributed by atoms with E-state index in [9.17, 15) is 4.79 Å². The number of carbonyl (C=O) groups is 1. The molecule has 3 nitrogen and oxygen atoms in total. The van der Waals surface area contributed by atoms with Crippen molar-refractivity contribution >= 4 is 27.5 Å². The number of hydrogen-bond donors (Lipinski definition) is 0. The van der Waals surface area contributed by atoms with Gasteiger partial charge in [-0.05, 0) is 42.0 Å². The molecule has 0 radical (unpaired) electrons. The SMILES string of the molecule is CCc1cccc2sc(=NC(=O)Cc3ccc(C(C)C)cc3)n(CC)c12. The lowest BCUT2D eigenvalue weighted by molar-refractivity contribution is -0.117. The van der Waals surface area contributed by atoms with Gasteiger partial charge in [0.2, 0.25) is 0 Å². The average molecular weight is 367 g/mol. The Labute approximate surface area is 159 Å².